The third-order valence-corrected chi connectivity index (χ3v) is 4.02. The van der Waals surface area contributed by atoms with Crippen LogP contribution in [0.1, 0.15) is 44.0 Å². The molecule has 1 fully saturated rings. The average Bonchev–Trinajstić information content (AvgIpc) is 2.46. The van der Waals surface area contributed by atoms with Gasteiger partial charge >= 0.3 is 6.03 Å². The summed E-state index contributed by atoms with van der Waals surface area (Å²) in [4.78, 5) is 26.4. The molecule has 0 spiro atoms. The van der Waals surface area contributed by atoms with Gasteiger partial charge in [0, 0.05) is 30.4 Å². The molecular formula is C17H25ClN4O2. The number of benzene rings is 1. The molecule has 24 heavy (non-hydrogen) atoms. The number of hydrogen-bond donors (Lipinski definition) is 3. The first-order chi connectivity index (χ1) is 11.2. The highest BCUT2D eigenvalue weighted by atomic mass is 35.5. The van der Waals surface area contributed by atoms with Gasteiger partial charge in [0.1, 0.15) is 0 Å². The number of nitrogens with one attached hydrogen (secondary N) is 2. The Morgan fingerprint density at radius 1 is 1.33 bits per heavy atom. The number of carbonyl (C=O) groups is 2. The number of halogens is 1. The van der Waals surface area contributed by atoms with Crippen LogP contribution in [0.3, 0.4) is 0 Å². The molecule has 0 saturated carbocycles. The quantitative estimate of drug-likeness (QED) is 0.764. The van der Waals surface area contributed by atoms with E-state index in [-0.39, 0.29) is 23.5 Å². The molecule has 1 aliphatic rings. The maximum atomic E-state index is 12.7. The van der Waals surface area contributed by atoms with Gasteiger partial charge in [-0.15, -0.1) is 0 Å². The molecule has 6 nitrogen and oxygen atoms in total. The minimum Gasteiger partial charge on any atom is -0.337 e. The Labute approximate surface area is 147 Å². The molecule has 0 aliphatic carbocycles. The zero-order valence-corrected chi connectivity index (χ0v) is 15.1. The summed E-state index contributed by atoms with van der Waals surface area (Å²) in [5.74, 6) is -0.157. The molecule has 132 valence electrons. The first-order valence-electron chi connectivity index (χ1n) is 8.09. The smallest absolute Gasteiger partial charge is 0.319 e. The van der Waals surface area contributed by atoms with Gasteiger partial charge in [-0.1, -0.05) is 11.6 Å². The molecular weight excluding hydrogens is 328 g/mol. The number of likely N-dealkylation sites (tertiary alicyclic amines) is 1. The molecule has 1 saturated heterocycles. The van der Waals surface area contributed by atoms with Crippen LogP contribution < -0.4 is 16.4 Å². The van der Waals surface area contributed by atoms with Crippen LogP contribution in [0.15, 0.2) is 18.2 Å². The fourth-order valence-electron chi connectivity index (χ4n) is 2.63. The molecule has 1 atom stereocenters. The summed E-state index contributed by atoms with van der Waals surface area (Å²) in [6, 6.07) is 4.56. The van der Waals surface area contributed by atoms with E-state index in [9.17, 15) is 9.59 Å². The van der Waals surface area contributed by atoms with Crippen LogP contribution in [-0.2, 0) is 0 Å². The minimum absolute atomic E-state index is 0.000321. The molecule has 0 bridgehead atoms. The highest BCUT2D eigenvalue weighted by molar-refractivity contribution is 6.34. The van der Waals surface area contributed by atoms with Crippen LogP contribution in [0.25, 0.3) is 0 Å². The molecule has 0 radical (unpaired) electrons. The summed E-state index contributed by atoms with van der Waals surface area (Å²) >= 11 is 6.18. The lowest BCUT2D eigenvalue weighted by molar-refractivity contribution is 0.0709. The molecule has 4 N–H and O–H groups in total. The molecule has 0 aromatic heterocycles. The molecule has 1 aliphatic heterocycles. The minimum atomic E-state index is -0.348. The monoisotopic (exact) mass is 352 g/mol. The van der Waals surface area contributed by atoms with Crippen molar-refractivity contribution in [3.8, 4) is 0 Å². The van der Waals surface area contributed by atoms with E-state index < -0.39 is 0 Å². The van der Waals surface area contributed by atoms with Crippen molar-refractivity contribution in [2.45, 2.75) is 45.2 Å². The Hall–Kier alpha value is -1.79. The first kappa shape index (κ1) is 18.5. The van der Waals surface area contributed by atoms with Gasteiger partial charge in [0.2, 0.25) is 0 Å². The maximum absolute atomic E-state index is 12.7. The predicted molar refractivity (Wildman–Crippen MR) is 96.5 cm³/mol. The number of nitrogens with two attached hydrogens (primary N) is 1. The van der Waals surface area contributed by atoms with Crippen LogP contribution in [0, 0.1) is 0 Å². The predicted octanol–water partition coefficient (Wildman–Crippen LogP) is 2.82. The van der Waals surface area contributed by atoms with Gasteiger partial charge in [-0.25, -0.2) is 4.79 Å². The zero-order chi connectivity index (χ0) is 17.9. The van der Waals surface area contributed by atoms with Crippen LogP contribution in [0.5, 0.6) is 0 Å². The summed E-state index contributed by atoms with van der Waals surface area (Å²) in [7, 11) is 0. The second-order valence-electron chi connectivity index (χ2n) is 7.18. The number of urea groups is 1. The number of rotatable bonds is 2. The molecule has 2 rings (SSSR count). The van der Waals surface area contributed by atoms with Crippen LogP contribution in [0.4, 0.5) is 10.5 Å². The summed E-state index contributed by atoms with van der Waals surface area (Å²) in [5, 5.41) is 5.90. The molecule has 1 unspecified atom stereocenters. The van der Waals surface area contributed by atoms with E-state index in [1.807, 2.05) is 20.8 Å². The highest BCUT2D eigenvalue weighted by Gasteiger charge is 2.24. The van der Waals surface area contributed by atoms with Crippen molar-refractivity contribution in [1.82, 2.24) is 10.2 Å². The Morgan fingerprint density at radius 2 is 2.04 bits per heavy atom. The average molecular weight is 353 g/mol. The van der Waals surface area contributed by atoms with Crippen LogP contribution in [-0.4, -0.2) is 41.5 Å². The lowest BCUT2D eigenvalue weighted by Gasteiger charge is -2.31. The van der Waals surface area contributed by atoms with Crippen LogP contribution in [0.2, 0.25) is 5.02 Å². The number of amides is 3. The van der Waals surface area contributed by atoms with Crippen molar-refractivity contribution in [1.29, 1.82) is 0 Å². The van der Waals surface area contributed by atoms with E-state index in [0.717, 1.165) is 12.8 Å². The normalized spacial score (nSPS) is 18.2. The van der Waals surface area contributed by atoms with E-state index in [0.29, 0.717) is 29.4 Å². The Kier molecular flexibility index (Phi) is 5.72. The van der Waals surface area contributed by atoms with Gasteiger partial charge in [0.25, 0.3) is 5.91 Å². The lowest BCUT2D eigenvalue weighted by Crippen LogP contribution is -2.45. The van der Waals surface area contributed by atoms with Gasteiger partial charge in [-0.05, 0) is 51.8 Å². The third-order valence-electron chi connectivity index (χ3n) is 3.69. The van der Waals surface area contributed by atoms with Gasteiger partial charge in [0.15, 0.2) is 0 Å². The number of hydrogen-bond acceptors (Lipinski definition) is 3. The number of carbonyl (C=O) groups excluding carboxylic acids is 2. The summed E-state index contributed by atoms with van der Waals surface area (Å²) in [5.41, 5.74) is 6.49. The van der Waals surface area contributed by atoms with Crippen LogP contribution >= 0.6 is 11.6 Å². The molecule has 1 aromatic rings. The topological polar surface area (TPSA) is 87.5 Å². The van der Waals surface area contributed by atoms with Gasteiger partial charge in [0.05, 0.1) is 10.6 Å². The molecule has 1 heterocycles. The second-order valence-corrected chi connectivity index (χ2v) is 7.58. The fraction of sp³-hybridized carbons (Fsp3) is 0.529. The van der Waals surface area contributed by atoms with E-state index in [1.54, 1.807) is 23.1 Å². The van der Waals surface area contributed by atoms with Crippen molar-refractivity contribution in [3.63, 3.8) is 0 Å². The third kappa shape index (κ3) is 5.11. The van der Waals surface area contributed by atoms with Crippen molar-refractivity contribution in [2.75, 3.05) is 18.4 Å². The van der Waals surface area contributed by atoms with E-state index in [2.05, 4.69) is 10.6 Å². The number of anilines is 1. The SMILES string of the molecule is CC(C)(C)NC(=O)Nc1ccc(Cl)c(C(=O)N2CCCC(N)C2)c1. The molecule has 3 amide bonds. The summed E-state index contributed by atoms with van der Waals surface area (Å²) in [6.07, 6.45) is 1.81. The Morgan fingerprint density at radius 3 is 2.67 bits per heavy atom. The molecule has 1 aromatic carbocycles. The van der Waals surface area contributed by atoms with E-state index in [4.69, 9.17) is 17.3 Å². The van der Waals surface area contributed by atoms with Crippen molar-refractivity contribution >= 4 is 29.2 Å². The van der Waals surface area contributed by atoms with Crippen molar-refractivity contribution in [3.05, 3.63) is 28.8 Å². The van der Waals surface area contributed by atoms with E-state index in [1.165, 1.54) is 0 Å². The fourth-order valence-corrected chi connectivity index (χ4v) is 2.83. The van der Waals surface area contributed by atoms with Gasteiger partial charge in [-0.3, -0.25) is 4.79 Å². The highest BCUT2D eigenvalue weighted by Crippen LogP contribution is 2.23. The van der Waals surface area contributed by atoms with Gasteiger partial charge in [-0.2, -0.15) is 0 Å². The Balaban J connectivity index is 2.13. The number of nitrogens with zero attached hydrogens (tertiary/aromatic N) is 1. The largest absolute Gasteiger partial charge is 0.337 e. The lowest BCUT2D eigenvalue weighted by atomic mass is 10.0. The maximum Gasteiger partial charge on any atom is 0.319 e. The molecule has 7 heteroatoms. The zero-order valence-electron chi connectivity index (χ0n) is 14.4. The van der Waals surface area contributed by atoms with E-state index >= 15 is 0 Å². The van der Waals surface area contributed by atoms with Crippen molar-refractivity contribution < 1.29 is 9.59 Å². The van der Waals surface area contributed by atoms with Gasteiger partial charge < -0.3 is 21.3 Å². The first-order valence-corrected chi connectivity index (χ1v) is 8.47. The Bertz CT molecular complexity index is 628. The number of piperidine rings is 1. The summed E-state index contributed by atoms with van der Waals surface area (Å²) in [6.45, 7) is 6.87. The second kappa shape index (κ2) is 7.40. The van der Waals surface area contributed by atoms with Crippen molar-refractivity contribution in [2.24, 2.45) is 5.73 Å². The summed E-state index contributed by atoms with van der Waals surface area (Å²) < 4.78 is 0. The standard InChI is InChI=1S/C17H25ClN4O2/c1-17(2,3)21-16(24)20-12-6-7-14(18)13(9-12)15(23)22-8-4-5-11(19)10-22/h6-7,9,11H,4-5,8,10,19H2,1-3H3,(H2,20,21,24).